The molecular weight excluding hydrogens is 408 g/mol. The van der Waals surface area contributed by atoms with Crippen molar-refractivity contribution < 1.29 is 9.53 Å². The van der Waals surface area contributed by atoms with E-state index in [1.807, 2.05) is 36.4 Å². The van der Waals surface area contributed by atoms with Crippen molar-refractivity contribution in [2.24, 2.45) is 0 Å². The minimum atomic E-state index is 0.0155. The standard InChI is InChI=1S/C29H30N2O2/c32-29(19-22-6-9-25(10-7-22)24-4-2-1-3-5-24)30-28-13-12-26-18-23(8-11-27(26)20-28)21-31-14-16-33-17-15-31/h1-7,9-10,12-13,18,20H,8,11,14-17,19,21H2,(H,30,32). The summed E-state index contributed by atoms with van der Waals surface area (Å²) in [7, 11) is 0. The normalized spacial score (nSPS) is 16.1. The quantitative estimate of drug-likeness (QED) is 0.575. The predicted molar refractivity (Wildman–Crippen MR) is 134 cm³/mol. The number of ether oxygens (including phenoxy) is 1. The van der Waals surface area contributed by atoms with Crippen molar-refractivity contribution in [3.63, 3.8) is 0 Å². The van der Waals surface area contributed by atoms with E-state index in [9.17, 15) is 4.79 Å². The molecule has 1 aliphatic heterocycles. The molecule has 3 aromatic carbocycles. The van der Waals surface area contributed by atoms with Gasteiger partial charge in [0.05, 0.1) is 19.6 Å². The van der Waals surface area contributed by atoms with Gasteiger partial charge in [-0.2, -0.15) is 0 Å². The first-order valence-corrected chi connectivity index (χ1v) is 11.8. The van der Waals surface area contributed by atoms with E-state index in [1.165, 1.54) is 22.3 Å². The van der Waals surface area contributed by atoms with Gasteiger partial charge >= 0.3 is 0 Å². The molecule has 33 heavy (non-hydrogen) atoms. The first-order valence-electron chi connectivity index (χ1n) is 11.8. The number of rotatable bonds is 6. The highest BCUT2D eigenvalue weighted by Crippen LogP contribution is 2.27. The van der Waals surface area contributed by atoms with Crippen molar-refractivity contribution in [3.05, 3.63) is 95.1 Å². The van der Waals surface area contributed by atoms with Crippen LogP contribution >= 0.6 is 0 Å². The first-order chi connectivity index (χ1) is 16.2. The third-order valence-corrected chi connectivity index (χ3v) is 6.46. The van der Waals surface area contributed by atoms with E-state index in [4.69, 9.17) is 4.74 Å². The number of nitrogens with one attached hydrogen (secondary N) is 1. The number of fused-ring (bicyclic) bond motifs is 1. The minimum Gasteiger partial charge on any atom is -0.379 e. The lowest BCUT2D eigenvalue weighted by Crippen LogP contribution is -2.37. The van der Waals surface area contributed by atoms with Crippen molar-refractivity contribution in [1.29, 1.82) is 0 Å². The van der Waals surface area contributed by atoms with Crippen LogP contribution in [0.2, 0.25) is 0 Å². The Morgan fingerprint density at radius 2 is 1.64 bits per heavy atom. The second-order valence-corrected chi connectivity index (χ2v) is 8.89. The highest BCUT2D eigenvalue weighted by atomic mass is 16.5. The molecule has 1 aliphatic carbocycles. The third-order valence-electron chi connectivity index (χ3n) is 6.46. The van der Waals surface area contributed by atoms with Gasteiger partial charge in [-0.1, -0.05) is 72.3 Å². The monoisotopic (exact) mass is 438 g/mol. The first kappa shape index (κ1) is 21.6. The number of carbonyl (C=O) groups excluding carboxylic acids is 1. The average Bonchev–Trinajstić information content (AvgIpc) is 2.86. The zero-order valence-electron chi connectivity index (χ0n) is 18.9. The van der Waals surface area contributed by atoms with E-state index in [0.29, 0.717) is 6.42 Å². The summed E-state index contributed by atoms with van der Waals surface area (Å²) in [5.74, 6) is 0.0155. The highest BCUT2D eigenvalue weighted by molar-refractivity contribution is 5.92. The summed E-state index contributed by atoms with van der Waals surface area (Å²) in [6, 6.07) is 24.8. The molecular formula is C29H30N2O2. The smallest absolute Gasteiger partial charge is 0.228 e. The molecule has 0 bridgehead atoms. The van der Waals surface area contributed by atoms with Crippen molar-refractivity contribution in [2.45, 2.75) is 19.3 Å². The molecule has 0 unspecified atom stereocenters. The third kappa shape index (κ3) is 5.59. The molecule has 2 aliphatic rings. The Morgan fingerprint density at radius 1 is 0.879 bits per heavy atom. The fourth-order valence-electron chi connectivity index (χ4n) is 4.64. The molecule has 0 aromatic heterocycles. The van der Waals surface area contributed by atoms with Gasteiger partial charge in [0.1, 0.15) is 0 Å². The van der Waals surface area contributed by atoms with Gasteiger partial charge in [0, 0.05) is 25.3 Å². The predicted octanol–water partition coefficient (Wildman–Crippen LogP) is 5.20. The summed E-state index contributed by atoms with van der Waals surface area (Å²) >= 11 is 0. The minimum absolute atomic E-state index is 0.0155. The number of hydrogen-bond donors (Lipinski definition) is 1. The molecule has 3 aromatic rings. The summed E-state index contributed by atoms with van der Waals surface area (Å²) < 4.78 is 5.46. The maximum Gasteiger partial charge on any atom is 0.228 e. The number of morpholine rings is 1. The van der Waals surface area contributed by atoms with E-state index in [1.54, 1.807) is 0 Å². The number of benzene rings is 3. The maximum atomic E-state index is 12.6. The molecule has 168 valence electrons. The zero-order chi connectivity index (χ0) is 22.5. The van der Waals surface area contributed by atoms with Gasteiger partial charge in [-0.15, -0.1) is 0 Å². The second kappa shape index (κ2) is 10.2. The van der Waals surface area contributed by atoms with Crippen LogP contribution in [0, 0.1) is 0 Å². The van der Waals surface area contributed by atoms with Gasteiger partial charge in [0.25, 0.3) is 0 Å². The van der Waals surface area contributed by atoms with E-state index in [-0.39, 0.29) is 5.91 Å². The Labute approximate surface area is 195 Å². The molecule has 4 heteroatoms. The van der Waals surface area contributed by atoms with Crippen LogP contribution in [-0.2, 0) is 22.4 Å². The molecule has 5 rings (SSSR count). The average molecular weight is 439 g/mol. The Balaban J connectivity index is 1.18. The molecule has 1 amide bonds. The Bertz CT molecular complexity index is 1130. The Kier molecular flexibility index (Phi) is 6.66. The van der Waals surface area contributed by atoms with E-state index in [0.717, 1.165) is 62.5 Å². The molecule has 0 saturated carbocycles. The fourth-order valence-corrected chi connectivity index (χ4v) is 4.64. The molecule has 1 fully saturated rings. The lowest BCUT2D eigenvalue weighted by Gasteiger charge is -2.29. The Hall–Kier alpha value is -3.21. The van der Waals surface area contributed by atoms with E-state index in [2.05, 4.69) is 52.7 Å². The SMILES string of the molecule is O=C(Cc1ccc(-c2ccccc2)cc1)Nc1ccc2c(c1)CCC(CN1CCOCC1)=C2. The van der Waals surface area contributed by atoms with Crippen LogP contribution in [-0.4, -0.2) is 43.7 Å². The summed E-state index contributed by atoms with van der Waals surface area (Å²) in [5, 5.41) is 3.08. The number of hydrogen-bond acceptors (Lipinski definition) is 3. The number of carbonyl (C=O) groups is 1. The van der Waals surface area contributed by atoms with Gasteiger partial charge in [-0.3, -0.25) is 9.69 Å². The summed E-state index contributed by atoms with van der Waals surface area (Å²) in [6.45, 7) is 4.74. The molecule has 1 saturated heterocycles. The van der Waals surface area contributed by atoms with Crippen LogP contribution in [0.3, 0.4) is 0 Å². The number of anilines is 1. The van der Waals surface area contributed by atoms with Crippen molar-refractivity contribution in [3.8, 4) is 11.1 Å². The maximum absolute atomic E-state index is 12.6. The van der Waals surface area contributed by atoms with Gasteiger partial charge in [0.2, 0.25) is 5.91 Å². The Morgan fingerprint density at radius 3 is 2.42 bits per heavy atom. The van der Waals surface area contributed by atoms with Crippen molar-refractivity contribution in [2.75, 3.05) is 38.2 Å². The van der Waals surface area contributed by atoms with Crippen LogP contribution in [0.15, 0.2) is 78.4 Å². The van der Waals surface area contributed by atoms with Crippen LogP contribution in [0.1, 0.15) is 23.1 Å². The summed E-state index contributed by atoms with van der Waals surface area (Å²) in [6.07, 6.45) is 4.80. The fraction of sp³-hybridized carbons (Fsp3) is 0.276. The molecule has 0 spiro atoms. The van der Waals surface area contributed by atoms with Gasteiger partial charge in [-0.05, 0) is 52.8 Å². The summed E-state index contributed by atoms with van der Waals surface area (Å²) in [5.41, 5.74) is 8.32. The topological polar surface area (TPSA) is 41.6 Å². The number of amides is 1. The lowest BCUT2D eigenvalue weighted by atomic mass is 9.91. The van der Waals surface area contributed by atoms with Crippen molar-refractivity contribution >= 4 is 17.7 Å². The number of nitrogens with zero attached hydrogens (tertiary/aromatic N) is 1. The largest absolute Gasteiger partial charge is 0.379 e. The van der Waals surface area contributed by atoms with Crippen LogP contribution in [0.25, 0.3) is 17.2 Å². The van der Waals surface area contributed by atoms with E-state index < -0.39 is 0 Å². The lowest BCUT2D eigenvalue weighted by molar-refractivity contribution is -0.115. The molecule has 4 nitrogen and oxygen atoms in total. The van der Waals surface area contributed by atoms with Crippen LogP contribution in [0.5, 0.6) is 0 Å². The highest BCUT2D eigenvalue weighted by Gasteiger charge is 2.16. The van der Waals surface area contributed by atoms with Crippen molar-refractivity contribution in [1.82, 2.24) is 4.90 Å². The molecule has 0 radical (unpaired) electrons. The van der Waals surface area contributed by atoms with Crippen LogP contribution in [0.4, 0.5) is 5.69 Å². The molecule has 0 atom stereocenters. The van der Waals surface area contributed by atoms with E-state index >= 15 is 0 Å². The second-order valence-electron chi connectivity index (χ2n) is 8.89. The molecule has 1 N–H and O–H groups in total. The van der Waals surface area contributed by atoms with Gasteiger partial charge in [-0.25, -0.2) is 0 Å². The molecule has 1 heterocycles. The van der Waals surface area contributed by atoms with Gasteiger partial charge in [0.15, 0.2) is 0 Å². The van der Waals surface area contributed by atoms with Gasteiger partial charge < -0.3 is 10.1 Å². The van der Waals surface area contributed by atoms with Crippen LogP contribution < -0.4 is 5.32 Å². The number of aryl methyl sites for hydroxylation is 1. The zero-order valence-corrected chi connectivity index (χ0v) is 18.9. The summed E-state index contributed by atoms with van der Waals surface area (Å²) in [4.78, 5) is 15.1.